The summed E-state index contributed by atoms with van der Waals surface area (Å²) >= 11 is 0. The lowest BCUT2D eigenvalue weighted by Crippen LogP contribution is -2.64. The average Bonchev–Trinajstić information content (AvgIpc) is 2.91. The smallest absolute Gasteiger partial charge is 0.0947 e. The molecule has 0 amide bonds. The Bertz CT molecular complexity index is 368. The molecule has 2 rings (SSSR count). The lowest BCUT2D eigenvalue weighted by Gasteiger charge is -2.49. The highest BCUT2D eigenvalue weighted by Crippen LogP contribution is 2.27. The molecule has 0 radical (unpaired) electrons. The highest BCUT2D eigenvalue weighted by atomic mass is 16.3. The summed E-state index contributed by atoms with van der Waals surface area (Å²) in [4.78, 5) is 2.64. The Morgan fingerprint density at radius 2 is 2.16 bits per heavy atom. The fraction of sp³-hybridized carbons (Fsp3) is 0.750. The number of hydrogen-bond donors (Lipinski definition) is 1. The Morgan fingerprint density at radius 1 is 1.42 bits per heavy atom. The van der Waals surface area contributed by atoms with Gasteiger partial charge >= 0.3 is 0 Å². The summed E-state index contributed by atoms with van der Waals surface area (Å²) in [5.74, 6) is 0.672. The van der Waals surface area contributed by atoms with Gasteiger partial charge in [-0.25, -0.2) is 0 Å². The van der Waals surface area contributed by atoms with E-state index in [9.17, 15) is 0 Å². The van der Waals surface area contributed by atoms with Crippen molar-refractivity contribution in [2.45, 2.75) is 58.7 Å². The molecule has 1 atom stereocenters. The molecule has 1 aliphatic heterocycles. The molecule has 1 aromatic heterocycles. The van der Waals surface area contributed by atoms with Crippen molar-refractivity contribution in [2.75, 3.05) is 13.1 Å². The molecule has 0 aliphatic carbocycles. The van der Waals surface area contributed by atoms with Gasteiger partial charge in [-0.1, -0.05) is 27.7 Å². The number of nitrogens with zero attached hydrogens (tertiary/aromatic N) is 1. The first-order valence-corrected chi connectivity index (χ1v) is 7.60. The second kappa shape index (κ2) is 6.10. The van der Waals surface area contributed by atoms with Crippen molar-refractivity contribution in [1.82, 2.24) is 10.2 Å². The monoisotopic (exact) mass is 264 g/mol. The van der Waals surface area contributed by atoms with Gasteiger partial charge in [0.05, 0.1) is 12.5 Å². The van der Waals surface area contributed by atoms with Gasteiger partial charge in [0.1, 0.15) is 0 Å². The topological polar surface area (TPSA) is 28.4 Å². The number of hydrogen-bond acceptors (Lipinski definition) is 3. The molecule has 1 unspecified atom stereocenters. The van der Waals surface area contributed by atoms with Gasteiger partial charge in [-0.15, -0.1) is 0 Å². The van der Waals surface area contributed by atoms with E-state index in [1.54, 1.807) is 6.26 Å². The quantitative estimate of drug-likeness (QED) is 0.885. The molecule has 3 heteroatoms. The molecule has 1 aliphatic rings. The maximum absolute atomic E-state index is 5.21. The fourth-order valence-corrected chi connectivity index (χ4v) is 3.18. The van der Waals surface area contributed by atoms with Gasteiger partial charge in [-0.3, -0.25) is 4.90 Å². The zero-order chi connectivity index (χ0) is 13.9. The van der Waals surface area contributed by atoms with Gasteiger partial charge in [-0.05, 0) is 24.8 Å². The Kier molecular flexibility index (Phi) is 4.69. The molecule has 0 spiro atoms. The van der Waals surface area contributed by atoms with E-state index in [0.29, 0.717) is 12.0 Å². The Morgan fingerprint density at radius 3 is 2.68 bits per heavy atom. The van der Waals surface area contributed by atoms with Crippen LogP contribution in [0.1, 0.15) is 46.1 Å². The van der Waals surface area contributed by atoms with Gasteiger partial charge in [-0.2, -0.15) is 0 Å². The molecule has 0 saturated carbocycles. The van der Waals surface area contributed by atoms with Crippen LogP contribution in [0.15, 0.2) is 23.0 Å². The maximum Gasteiger partial charge on any atom is 0.0947 e. The maximum atomic E-state index is 5.21. The summed E-state index contributed by atoms with van der Waals surface area (Å²) in [7, 11) is 0. The van der Waals surface area contributed by atoms with Gasteiger partial charge in [0.15, 0.2) is 0 Å². The van der Waals surface area contributed by atoms with E-state index in [4.69, 9.17) is 4.42 Å². The molecule has 0 aromatic carbocycles. The first-order valence-electron chi connectivity index (χ1n) is 7.60. The standard InChI is InChI=1S/C16H28N2O/c1-5-16(6-2)12-18(10-14-7-8-19-11-14)15(9-17-16)13(3)4/h7-8,11,13,15,17H,5-6,9-10,12H2,1-4H3. The molecular formula is C16H28N2O. The summed E-state index contributed by atoms with van der Waals surface area (Å²) in [6.07, 6.45) is 6.03. The van der Waals surface area contributed by atoms with Crippen LogP contribution in [0.5, 0.6) is 0 Å². The molecule has 1 aromatic rings. The third-order valence-corrected chi connectivity index (χ3v) is 4.75. The predicted octanol–water partition coefficient (Wildman–Crippen LogP) is 3.27. The Balaban J connectivity index is 2.12. The molecule has 3 nitrogen and oxygen atoms in total. The number of piperazine rings is 1. The third-order valence-electron chi connectivity index (χ3n) is 4.75. The minimum Gasteiger partial charge on any atom is -0.472 e. The van der Waals surface area contributed by atoms with Crippen LogP contribution in [0.2, 0.25) is 0 Å². The van der Waals surface area contributed by atoms with Crippen LogP contribution in [0.25, 0.3) is 0 Å². The van der Waals surface area contributed by atoms with Crippen molar-refractivity contribution < 1.29 is 4.42 Å². The third kappa shape index (κ3) is 3.21. The molecule has 1 fully saturated rings. The lowest BCUT2D eigenvalue weighted by molar-refractivity contribution is 0.0442. The largest absolute Gasteiger partial charge is 0.472 e. The van der Waals surface area contributed by atoms with E-state index < -0.39 is 0 Å². The zero-order valence-electron chi connectivity index (χ0n) is 12.8. The Hall–Kier alpha value is -0.800. The molecule has 1 N–H and O–H groups in total. The first-order chi connectivity index (χ1) is 9.10. The molecule has 19 heavy (non-hydrogen) atoms. The van der Waals surface area contributed by atoms with Crippen molar-refractivity contribution in [3.05, 3.63) is 24.2 Å². The van der Waals surface area contributed by atoms with Crippen molar-refractivity contribution in [1.29, 1.82) is 0 Å². The summed E-state index contributed by atoms with van der Waals surface area (Å²) in [5, 5.41) is 3.81. The van der Waals surface area contributed by atoms with E-state index in [1.165, 1.54) is 18.4 Å². The van der Waals surface area contributed by atoms with E-state index >= 15 is 0 Å². The SMILES string of the molecule is CCC1(CC)CN(Cc2ccoc2)C(C(C)C)CN1. The van der Waals surface area contributed by atoms with Crippen LogP contribution in [0, 0.1) is 5.92 Å². The second-order valence-electron chi connectivity index (χ2n) is 6.22. The zero-order valence-corrected chi connectivity index (χ0v) is 12.8. The van der Waals surface area contributed by atoms with Gasteiger partial charge in [0, 0.05) is 36.8 Å². The summed E-state index contributed by atoms with van der Waals surface area (Å²) in [5.41, 5.74) is 1.57. The number of nitrogens with one attached hydrogen (secondary N) is 1. The molecule has 108 valence electrons. The van der Waals surface area contributed by atoms with Crippen molar-refractivity contribution in [2.24, 2.45) is 5.92 Å². The second-order valence-corrected chi connectivity index (χ2v) is 6.22. The van der Waals surface area contributed by atoms with Crippen LogP contribution in [0.4, 0.5) is 0 Å². The van der Waals surface area contributed by atoms with Gasteiger partial charge in [0.25, 0.3) is 0 Å². The van der Waals surface area contributed by atoms with Gasteiger partial charge < -0.3 is 9.73 Å². The average molecular weight is 264 g/mol. The number of rotatable bonds is 5. The van der Waals surface area contributed by atoms with E-state index in [2.05, 4.69) is 44.0 Å². The van der Waals surface area contributed by atoms with Crippen LogP contribution < -0.4 is 5.32 Å². The van der Waals surface area contributed by atoms with Crippen LogP contribution in [0.3, 0.4) is 0 Å². The van der Waals surface area contributed by atoms with Crippen molar-refractivity contribution in [3.63, 3.8) is 0 Å². The van der Waals surface area contributed by atoms with Crippen LogP contribution in [-0.4, -0.2) is 29.6 Å². The van der Waals surface area contributed by atoms with Crippen molar-refractivity contribution >= 4 is 0 Å². The lowest BCUT2D eigenvalue weighted by atomic mass is 9.86. The van der Waals surface area contributed by atoms with Gasteiger partial charge in [0.2, 0.25) is 0 Å². The van der Waals surface area contributed by atoms with E-state index in [0.717, 1.165) is 19.6 Å². The first kappa shape index (κ1) is 14.6. The van der Waals surface area contributed by atoms with Crippen molar-refractivity contribution in [3.8, 4) is 0 Å². The normalized spacial score (nSPS) is 23.9. The summed E-state index contributed by atoms with van der Waals surface area (Å²) in [6, 6.07) is 2.69. The Labute approximate surface area is 117 Å². The minimum atomic E-state index is 0.287. The molecule has 2 heterocycles. The molecular weight excluding hydrogens is 236 g/mol. The molecule has 1 saturated heterocycles. The molecule has 0 bridgehead atoms. The highest BCUT2D eigenvalue weighted by molar-refractivity contribution is 5.07. The summed E-state index contributed by atoms with van der Waals surface area (Å²) < 4.78 is 5.21. The number of furan rings is 1. The van der Waals surface area contributed by atoms with Crippen LogP contribution in [-0.2, 0) is 6.54 Å². The van der Waals surface area contributed by atoms with E-state index in [-0.39, 0.29) is 5.54 Å². The van der Waals surface area contributed by atoms with Crippen LogP contribution >= 0.6 is 0 Å². The predicted molar refractivity (Wildman–Crippen MR) is 79.1 cm³/mol. The highest BCUT2D eigenvalue weighted by Gasteiger charge is 2.37. The summed E-state index contributed by atoms with van der Waals surface area (Å²) in [6.45, 7) is 12.5. The fourth-order valence-electron chi connectivity index (χ4n) is 3.18. The minimum absolute atomic E-state index is 0.287. The van der Waals surface area contributed by atoms with E-state index in [1.807, 2.05) is 6.26 Å².